The van der Waals surface area contributed by atoms with E-state index in [1.165, 1.54) is 11.3 Å². The molecule has 2 aliphatic rings. The molecular weight excluding hydrogens is 344 g/mol. The fourth-order valence-electron chi connectivity index (χ4n) is 2.83. The molecule has 1 aromatic heterocycles. The summed E-state index contributed by atoms with van der Waals surface area (Å²) in [4.78, 5) is 16.8. The van der Waals surface area contributed by atoms with E-state index in [4.69, 9.17) is 18.9 Å². The fraction of sp³-hybridized carbons (Fsp3) is 0.412. The molecule has 0 bridgehead atoms. The van der Waals surface area contributed by atoms with Gasteiger partial charge in [0.05, 0.1) is 30.5 Å². The van der Waals surface area contributed by atoms with Crippen molar-refractivity contribution in [1.82, 2.24) is 10.3 Å². The Hall–Kier alpha value is -2.16. The molecule has 0 radical (unpaired) electrons. The maximum atomic E-state index is 12.6. The standard InChI is InChI=1S/C17H18N2O5S/c20-17(11-1-2-14-15(5-11)24-10-23-14)19-13-3-4-21-7-16(13)22-6-12-8-25-9-18-12/h1-2,5,8-9,13,16H,3-4,6-7,10H2,(H,19,20)/t13-,16-/m1/s1. The van der Waals surface area contributed by atoms with Crippen molar-refractivity contribution < 1.29 is 23.7 Å². The van der Waals surface area contributed by atoms with Crippen LogP contribution in [0.5, 0.6) is 11.5 Å². The second-order valence-electron chi connectivity index (χ2n) is 5.84. The molecule has 2 atom stereocenters. The Morgan fingerprint density at radius 1 is 1.36 bits per heavy atom. The normalized spacial score (nSPS) is 21.9. The van der Waals surface area contributed by atoms with Crippen molar-refractivity contribution in [2.75, 3.05) is 20.0 Å². The quantitative estimate of drug-likeness (QED) is 0.876. The molecule has 3 heterocycles. The molecule has 1 amide bonds. The van der Waals surface area contributed by atoms with Crippen LogP contribution in [0.1, 0.15) is 22.5 Å². The van der Waals surface area contributed by atoms with Gasteiger partial charge in [-0.05, 0) is 24.6 Å². The van der Waals surface area contributed by atoms with Crippen molar-refractivity contribution >= 4 is 17.2 Å². The van der Waals surface area contributed by atoms with Crippen molar-refractivity contribution in [2.45, 2.75) is 25.2 Å². The maximum absolute atomic E-state index is 12.6. The number of benzene rings is 1. The molecule has 0 aliphatic carbocycles. The van der Waals surface area contributed by atoms with Crippen molar-refractivity contribution in [2.24, 2.45) is 0 Å². The number of hydrogen-bond acceptors (Lipinski definition) is 7. The van der Waals surface area contributed by atoms with Gasteiger partial charge >= 0.3 is 0 Å². The predicted molar refractivity (Wildman–Crippen MR) is 89.9 cm³/mol. The minimum Gasteiger partial charge on any atom is -0.454 e. The Bertz CT molecular complexity index is 737. The van der Waals surface area contributed by atoms with Crippen LogP contribution in [-0.2, 0) is 16.1 Å². The number of hydrogen-bond donors (Lipinski definition) is 1. The second-order valence-corrected chi connectivity index (χ2v) is 6.56. The van der Waals surface area contributed by atoms with Crippen LogP contribution in [0.3, 0.4) is 0 Å². The molecule has 25 heavy (non-hydrogen) atoms. The number of amides is 1. The van der Waals surface area contributed by atoms with E-state index in [0.29, 0.717) is 43.3 Å². The molecule has 1 aromatic carbocycles. The summed E-state index contributed by atoms with van der Waals surface area (Å²) in [6.07, 6.45) is 0.506. The highest BCUT2D eigenvalue weighted by Gasteiger charge is 2.29. The van der Waals surface area contributed by atoms with E-state index < -0.39 is 0 Å². The number of rotatable bonds is 5. The van der Waals surface area contributed by atoms with Crippen LogP contribution in [0.15, 0.2) is 29.1 Å². The summed E-state index contributed by atoms with van der Waals surface area (Å²) in [5, 5.41) is 5.00. The molecule has 1 N–H and O–H groups in total. The van der Waals surface area contributed by atoms with E-state index in [9.17, 15) is 4.79 Å². The lowest BCUT2D eigenvalue weighted by Gasteiger charge is -2.32. The van der Waals surface area contributed by atoms with Gasteiger partial charge in [-0.15, -0.1) is 11.3 Å². The van der Waals surface area contributed by atoms with Gasteiger partial charge in [0.15, 0.2) is 11.5 Å². The van der Waals surface area contributed by atoms with Crippen LogP contribution in [0.25, 0.3) is 0 Å². The van der Waals surface area contributed by atoms with Crippen molar-refractivity contribution in [3.63, 3.8) is 0 Å². The number of aromatic nitrogens is 1. The Morgan fingerprint density at radius 2 is 2.28 bits per heavy atom. The first-order valence-electron chi connectivity index (χ1n) is 8.06. The lowest BCUT2D eigenvalue weighted by atomic mass is 10.0. The van der Waals surface area contributed by atoms with Gasteiger partial charge in [-0.1, -0.05) is 0 Å². The summed E-state index contributed by atoms with van der Waals surface area (Å²) in [7, 11) is 0. The van der Waals surface area contributed by atoms with Gasteiger partial charge in [0.1, 0.15) is 6.10 Å². The highest BCUT2D eigenvalue weighted by atomic mass is 32.1. The third kappa shape index (κ3) is 3.76. The highest BCUT2D eigenvalue weighted by Crippen LogP contribution is 2.32. The van der Waals surface area contributed by atoms with Crippen molar-refractivity contribution in [3.05, 3.63) is 40.3 Å². The molecule has 7 nitrogen and oxygen atoms in total. The third-order valence-electron chi connectivity index (χ3n) is 4.18. The van der Waals surface area contributed by atoms with Crippen LogP contribution in [0, 0.1) is 0 Å². The Morgan fingerprint density at radius 3 is 3.16 bits per heavy atom. The lowest BCUT2D eigenvalue weighted by molar-refractivity contribution is -0.0742. The molecule has 0 saturated carbocycles. The smallest absolute Gasteiger partial charge is 0.251 e. The highest BCUT2D eigenvalue weighted by molar-refractivity contribution is 7.07. The molecule has 4 rings (SSSR count). The molecule has 1 fully saturated rings. The van der Waals surface area contributed by atoms with Crippen LogP contribution in [0.4, 0.5) is 0 Å². The summed E-state index contributed by atoms with van der Waals surface area (Å²) >= 11 is 1.53. The van der Waals surface area contributed by atoms with E-state index in [2.05, 4.69) is 10.3 Å². The topological polar surface area (TPSA) is 78.9 Å². The van der Waals surface area contributed by atoms with Crippen LogP contribution < -0.4 is 14.8 Å². The number of thiazole rings is 1. The molecule has 2 aromatic rings. The average Bonchev–Trinajstić information content (AvgIpc) is 3.31. The molecule has 132 valence electrons. The van der Waals surface area contributed by atoms with Gasteiger partial charge in [-0.2, -0.15) is 0 Å². The summed E-state index contributed by atoms with van der Waals surface area (Å²) in [6, 6.07) is 5.07. The fourth-order valence-corrected chi connectivity index (χ4v) is 3.38. The largest absolute Gasteiger partial charge is 0.454 e. The number of carbonyl (C=O) groups is 1. The minimum atomic E-state index is -0.201. The summed E-state index contributed by atoms with van der Waals surface area (Å²) < 4.78 is 22.0. The van der Waals surface area contributed by atoms with Crippen LogP contribution in [0.2, 0.25) is 0 Å². The summed E-state index contributed by atoms with van der Waals surface area (Å²) in [5.74, 6) is 1.09. The number of nitrogens with zero attached hydrogens (tertiary/aromatic N) is 1. The third-order valence-corrected chi connectivity index (χ3v) is 4.82. The molecule has 1 saturated heterocycles. The van der Waals surface area contributed by atoms with Gasteiger partial charge < -0.3 is 24.3 Å². The second kappa shape index (κ2) is 7.38. The molecule has 0 unspecified atom stereocenters. The van der Waals surface area contributed by atoms with Gasteiger partial charge in [0.2, 0.25) is 6.79 Å². The molecule has 8 heteroatoms. The predicted octanol–water partition coefficient (Wildman–Crippen LogP) is 1.98. The lowest BCUT2D eigenvalue weighted by Crippen LogP contribution is -2.49. The van der Waals surface area contributed by atoms with E-state index in [0.717, 1.165) is 5.69 Å². The van der Waals surface area contributed by atoms with Crippen molar-refractivity contribution in [1.29, 1.82) is 0 Å². The summed E-state index contributed by atoms with van der Waals surface area (Å²) in [6.45, 7) is 1.65. The number of carbonyl (C=O) groups excluding carboxylic acids is 1. The van der Waals surface area contributed by atoms with E-state index >= 15 is 0 Å². The zero-order chi connectivity index (χ0) is 17.1. The van der Waals surface area contributed by atoms with Crippen LogP contribution >= 0.6 is 11.3 Å². The van der Waals surface area contributed by atoms with Gasteiger partial charge in [-0.25, -0.2) is 4.98 Å². The maximum Gasteiger partial charge on any atom is 0.251 e. The SMILES string of the molecule is O=C(N[C@@H]1CCOC[C@H]1OCc1cscn1)c1ccc2c(c1)OCO2. The van der Waals surface area contributed by atoms with Gasteiger partial charge in [-0.3, -0.25) is 4.79 Å². The first-order valence-corrected chi connectivity index (χ1v) is 9.01. The van der Waals surface area contributed by atoms with E-state index in [-0.39, 0.29) is 24.8 Å². The Balaban J connectivity index is 1.39. The molecule has 2 aliphatic heterocycles. The molecular formula is C17H18N2O5S. The zero-order valence-electron chi connectivity index (χ0n) is 13.5. The zero-order valence-corrected chi connectivity index (χ0v) is 14.3. The number of nitrogens with one attached hydrogen (secondary N) is 1. The number of fused-ring (bicyclic) bond motifs is 1. The number of ether oxygens (including phenoxy) is 4. The summed E-state index contributed by atoms with van der Waals surface area (Å²) in [5.41, 5.74) is 3.19. The van der Waals surface area contributed by atoms with Gasteiger partial charge in [0.25, 0.3) is 5.91 Å². The monoisotopic (exact) mass is 362 g/mol. The minimum absolute atomic E-state index is 0.106. The van der Waals surface area contributed by atoms with Gasteiger partial charge in [0, 0.05) is 17.6 Å². The van der Waals surface area contributed by atoms with Crippen molar-refractivity contribution in [3.8, 4) is 11.5 Å². The van der Waals surface area contributed by atoms with E-state index in [1.807, 2.05) is 5.38 Å². The van der Waals surface area contributed by atoms with Crippen LogP contribution in [-0.4, -0.2) is 43.0 Å². The van der Waals surface area contributed by atoms with E-state index in [1.54, 1.807) is 23.7 Å². The average molecular weight is 362 g/mol. The first kappa shape index (κ1) is 16.3. The Labute approximate surface area is 148 Å². The Kier molecular flexibility index (Phi) is 4.82. The first-order chi connectivity index (χ1) is 12.3. The molecule has 0 spiro atoms.